The lowest BCUT2D eigenvalue weighted by molar-refractivity contribution is -0.131. The first kappa shape index (κ1) is 14.7. The number of aromatic nitrogens is 2. The van der Waals surface area contributed by atoms with Crippen LogP contribution in [0.1, 0.15) is 26.5 Å². The molecule has 1 N–H and O–H groups in total. The van der Waals surface area contributed by atoms with Gasteiger partial charge in [-0.1, -0.05) is 6.92 Å². The van der Waals surface area contributed by atoms with E-state index >= 15 is 0 Å². The molecule has 0 atom stereocenters. The van der Waals surface area contributed by atoms with Gasteiger partial charge in [-0.25, -0.2) is 4.98 Å². The molecule has 0 radical (unpaired) electrons. The zero-order chi connectivity index (χ0) is 13.4. The number of rotatable bonds is 8. The summed E-state index contributed by atoms with van der Waals surface area (Å²) in [5.41, 5.74) is 1.03. The molecule has 0 spiro atoms. The molecule has 0 unspecified atom stereocenters. The molecule has 1 rings (SSSR count). The highest BCUT2D eigenvalue weighted by Gasteiger charge is 2.10. The maximum absolute atomic E-state index is 11.9. The Kier molecular flexibility index (Phi) is 6.43. The van der Waals surface area contributed by atoms with E-state index in [1.807, 2.05) is 29.5 Å². The third-order valence-corrected chi connectivity index (χ3v) is 2.93. The molecule has 1 aromatic heterocycles. The Hall–Kier alpha value is -1.36. The third kappa shape index (κ3) is 4.49. The van der Waals surface area contributed by atoms with Crippen molar-refractivity contribution in [3.05, 3.63) is 18.2 Å². The molecule has 1 heterocycles. The number of hydrogen-bond donors (Lipinski definition) is 1. The molecule has 0 aliphatic heterocycles. The minimum Gasteiger partial charge on any atom is -0.342 e. The maximum atomic E-state index is 11.9. The molecule has 1 amide bonds. The van der Waals surface area contributed by atoms with Gasteiger partial charge in [0.15, 0.2) is 0 Å². The molecule has 0 bridgehead atoms. The average molecular weight is 252 g/mol. The van der Waals surface area contributed by atoms with Crippen molar-refractivity contribution in [3.63, 3.8) is 0 Å². The van der Waals surface area contributed by atoms with Crippen LogP contribution in [0.3, 0.4) is 0 Å². The van der Waals surface area contributed by atoms with Crippen LogP contribution >= 0.6 is 0 Å². The van der Waals surface area contributed by atoms with E-state index in [9.17, 15) is 4.79 Å². The van der Waals surface area contributed by atoms with Crippen molar-refractivity contribution in [1.82, 2.24) is 19.8 Å². The zero-order valence-electron chi connectivity index (χ0n) is 11.6. The average Bonchev–Trinajstić information content (AvgIpc) is 2.79. The topological polar surface area (TPSA) is 50.2 Å². The van der Waals surface area contributed by atoms with Crippen molar-refractivity contribution >= 4 is 5.91 Å². The third-order valence-electron chi connectivity index (χ3n) is 2.93. The number of carbonyl (C=O) groups is 1. The van der Waals surface area contributed by atoms with Crippen LogP contribution in [0.4, 0.5) is 0 Å². The fraction of sp³-hybridized carbons (Fsp3) is 0.692. The molecule has 5 nitrogen and oxygen atoms in total. The summed E-state index contributed by atoms with van der Waals surface area (Å²) in [5, 5.41) is 3.26. The summed E-state index contributed by atoms with van der Waals surface area (Å²) in [6.07, 6.45) is 4.60. The van der Waals surface area contributed by atoms with Gasteiger partial charge < -0.3 is 14.8 Å². The van der Waals surface area contributed by atoms with E-state index in [2.05, 4.69) is 17.2 Å². The number of hydrogen-bond acceptors (Lipinski definition) is 3. The highest BCUT2D eigenvalue weighted by molar-refractivity contribution is 5.75. The van der Waals surface area contributed by atoms with E-state index in [0.717, 1.165) is 38.3 Å². The second-order valence-corrected chi connectivity index (χ2v) is 4.21. The first-order valence-corrected chi connectivity index (χ1v) is 6.70. The van der Waals surface area contributed by atoms with E-state index < -0.39 is 0 Å². The van der Waals surface area contributed by atoms with Gasteiger partial charge in [-0.3, -0.25) is 4.79 Å². The zero-order valence-corrected chi connectivity index (χ0v) is 11.6. The lowest BCUT2D eigenvalue weighted by atomic mass is 10.3. The molecular weight excluding hydrogens is 228 g/mol. The van der Waals surface area contributed by atoms with Crippen LogP contribution in [0.25, 0.3) is 0 Å². The van der Waals surface area contributed by atoms with Crippen molar-refractivity contribution in [3.8, 4) is 0 Å². The van der Waals surface area contributed by atoms with Crippen molar-refractivity contribution in [2.75, 3.05) is 26.2 Å². The van der Waals surface area contributed by atoms with E-state index in [0.29, 0.717) is 6.54 Å². The highest BCUT2D eigenvalue weighted by atomic mass is 16.2. The molecule has 0 fully saturated rings. The Morgan fingerprint density at radius 2 is 2.11 bits per heavy atom. The predicted octanol–water partition coefficient (Wildman–Crippen LogP) is 0.903. The Labute approximate surface area is 109 Å². The Balaban J connectivity index is 2.45. The second-order valence-electron chi connectivity index (χ2n) is 4.21. The molecule has 0 aliphatic carbocycles. The maximum Gasteiger partial charge on any atom is 0.242 e. The molecule has 0 aliphatic rings. The van der Waals surface area contributed by atoms with Gasteiger partial charge in [-0.15, -0.1) is 0 Å². The van der Waals surface area contributed by atoms with Crippen molar-refractivity contribution in [2.24, 2.45) is 0 Å². The molecule has 0 aromatic carbocycles. The Morgan fingerprint density at radius 1 is 1.39 bits per heavy atom. The van der Waals surface area contributed by atoms with Gasteiger partial charge in [-0.05, 0) is 20.4 Å². The monoisotopic (exact) mass is 252 g/mol. The Morgan fingerprint density at radius 3 is 2.72 bits per heavy atom. The predicted molar refractivity (Wildman–Crippen MR) is 72.4 cm³/mol. The van der Waals surface area contributed by atoms with Crippen LogP contribution < -0.4 is 5.32 Å². The van der Waals surface area contributed by atoms with E-state index in [1.54, 1.807) is 6.33 Å². The summed E-state index contributed by atoms with van der Waals surface area (Å²) >= 11 is 0. The molecule has 0 saturated carbocycles. The van der Waals surface area contributed by atoms with Gasteiger partial charge in [-0.2, -0.15) is 0 Å². The molecule has 5 heteroatoms. The van der Waals surface area contributed by atoms with Crippen molar-refractivity contribution in [2.45, 2.75) is 33.7 Å². The van der Waals surface area contributed by atoms with Crippen LogP contribution in [0.2, 0.25) is 0 Å². The van der Waals surface area contributed by atoms with E-state index in [1.165, 1.54) is 0 Å². The molecule has 1 aromatic rings. The van der Waals surface area contributed by atoms with Gasteiger partial charge in [0.25, 0.3) is 0 Å². The SMILES string of the molecule is CCNCCc1cn(CC(=O)N(CC)CC)cn1. The number of carbonyl (C=O) groups excluding carboxylic acids is 1. The van der Waals surface area contributed by atoms with Gasteiger partial charge in [0, 0.05) is 32.3 Å². The summed E-state index contributed by atoms with van der Waals surface area (Å²) in [5.74, 6) is 0.149. The summed E-state index contributed by atoms with van der Waals surface area (Å²) in [7, 11) is 0. The highest BCUT2D eigenvalue weighted by Crippen LogP contribution is 1.99. The number of imidazole rings is 1. The summed E-state index contributed by atoms with van der Waals surface area (Å²) in [4.78, 5) is 18.0. The first-order chi connectivity index (χ1) is 8.71. The van der Waals surface area contributed by atoms with Crippen LogP contribution in [-0.2, 0) is 17.8 Å². The number of nitrogens with zero attached hydrogens (tertiary/aromatic N) is 3. The summed E-state index contributed by atoms with van der Waals surface area (Å²) in [6.45, 7) is 9.89. The minimum atomic E-state index is 0.149. The smallest absolute Gasteiger partial charge is 0.242 e. The first-order valence-electron chi connectivity index (χ1n) is 6.70. The summed E-state index contributed by atoms with van der Waals surface area (Å²) < 4.78 is 1.86. The molecular formula is C13H24N4O. The fourth-order valence-electron chi connectivity index (χ4n) is 1.85. The molecule has 18 heavy (non-hydrogen) atoms. The van der Waals surface area contributed by atoms with Gasteiger partial charge >= 0.3 is 0 Å². The van der Waals surface area contributed by atoms with Crippen LogP contribution in [0.5, 0.6) is 0 Å². The van der Waals surface area contributed by atoms with E-state index in [-0.39, 0.29) is 5.91 Å². The van der Waals surface area contributed by atoms with Crippen LogP contribution in [0, 0.1) is 0 Å². The summed E-state index contributed by atoms with van der Waals surface area (Å²) in [6, 6.07) is 0. The fourth-order valence-corrected chi connectivity index (χ4v) is 1.85. The van der Waals surface area contributed by atoms with Crippen molar-refractivity contribution in [1.29, 1.82) is 0 Å². The van der Waals surface area contributed by atoms with Crippen LogP contribution in [-0.4, -0.2) is 46.5 Å². The van der Waals surface area contributed by atoms with Gasteiger partial charge in [0.2, 0.25) is 5.91 Å². The molecule has 0 saturated heterocycles. The van der Waals surface area contributed by atoms with Crippen LogP contribution in [0.15, 0.2) is 12.5 Å². The van der Waals surface area contributed by atoms with Gasteiger partial charge in [0.1, 0.15) is 6.54 Å². The lowest BCUT2D eigenvalue weighted by Crippen LogP contribution is -2.33. The quantitative estimate of drug-likeness (QED) is 0.699. The second kappa shape index (κ2) is 7.87. The van der Waals surface area contributed by atoms with E-state index in [4.69, 9.17) is 0 Å². The molecule has 102 valence electrons. The number of likely N-dealkylation sites (N-methyl/N-ethyl adjacent to an activating group) is 2. The number of amides is 1. The minimum absolute atomic E-state index is 0.149. The Bertz CT molecular complexity index is 358. The largest absolute Gasteiger partial charge is 0.342 e. The van der Waals surface area contributed by atoms with Crippen molar-refractivity contribution < 1.29 is 4.79 Å². The lowest BCUT2D eigenvalue weighted by Gasteiger charge is -2.18. The standard InChI is InChI=1S/C13H24N4O/c1-4-14-8-7-12-9-16(11-15-12)10-13(18)17(5-2)6-3/h9,11,14H,4-8,10H2,1-3H3. The van der Waals surface area contributed by atoms with Gasteiger partial charge in [0.05, 0.1) is 12.0 Å². The number of nitrogens with one attached hydrogen (secondary N) is 1. The normalized spacial score (nSPS) is 10.6.